The minimum absolute atomic E-state index is 0.0183. The summed E-state index contributed by atoms with van der Waals surface area (Å²) in [4.78, 5) is 25.2. The van der Waals surface area contributed by atoms with E-state index in [4.69, 9.17) is 14.2 Å². The molecule has 1 saturated heterocycles. The summed E-state index contributed by atoms with van der Waals surface area (Å²) in [6, 6.07) is -0.808. The molecule has 0 saturated carbocycles. The number of rotatable bonds is 75. The zero-order valence-corrected chi connectivity index (χ0v) is 62.7. The van der Waals surface area contributed by atoms with Gasteiger partial charge in [0.2, 0.25) is 5.91 Å². The number of unbranched alkanes of at least 4 members (excludes halogenated alkanes) is 57. The summed E-state index contributed by atoms with van der Waals surface area (Å²) in [5.74, 6) is -0.158. The number of aliphatic hydroxyl groups excluding tert-OH is 5. The second kappa shape index (κ2) is 73.1. The van der Waals surface area contributed by atoms with Gasteiger partial charge in [-0.15, -0.1) is 0 Å². The fraction of sp³-hybridized carbons (Fsp3) is 0.905. The normalized spacial score (nSPS) is 17.5. The van der Waals surface area contributed by atoms with Crippen molar-refractivity contribution >= 4 is 11.9 Å². The molecule has 0 bridgehead atoms. The van der Waals surface area contributed by atoms with Crippen LogP contribution >= 0.6 is 0 Å². The van der Waals surface area contributed by atoms with Crippen LogP contribution in [-0.2, 0) is 23.8 Å². The van der Waals surface area contributed by atoms with E-state index >= 15 is 0 Å². The Hall–Kier alpha value is -2.12. The van der Waals surface area contributed by atoms with Crippen molar-refractivity contribution in [2.24, 2.45) is 0 Å². The van der Waals surface area contributed by atoms with Crippen LogP contribution in [0, 0.1) is 0 Å². The Kier molecular flexibility index (Phi) is 69.9. The van der Waals surface area contributed by atoms with E-state index in [0.29, 0.717) is 19.4 Å². The zero-order valence-electron chi connectivity index (χ0n) is 62.7. The van der Waals surface area contributed by atoms with Crippen LogP contribution in [0.4, 0.5) is 0 Å². The van der Waals surface area contributed by atoms with Gasteiger partial charge in [0.25, 0.3) is 0 Å². The lowest BCUT2D eigenvalue weighted by Gasteiger charge is -2.40. The number of esters is 1. The van der Waals surface area contributed by atoms with Crippen LogP contribution in [0.2, 0.25) is 0 Å². The van der Waals surface area contributed by atoms with Crippen LogP contribution in [0.25, 0.3) is 0 Å². The number of ether oxygens (including phenoxy) is 3. The van der Waals surface area contributed by atoms with Crippen molar-refractivity contribution in [1.82, 2.24) is 5.32 Å². The number of carbonyl (C=O) groups excluding carboxylic acids is 2. The van der Waals surface area contributed by atoms with Crippen molar-refractivity contribution in [1.29, 1.82) is 0 Å². The molecule has 560 valence electrons. The summed E-state index contributed by atoms with van der Waals surface area (Å²) in [5.41, 5.74) is 0. The first kappa shape index (κ1) is 90.9. The summed E-state index contributed by atoms with van der Waals surface area (Å²) < 4.78 is 16.8. The van der Waals surface area contributed by atoms with E-state index in [9.17, 15) is 35.1 Å². The average Bonchev–Trinajstić information content (AvgIpc) is 0.841. The summed E-state index contributed by atoms with van der Waals surface area (Å²) in [6.07, 6.45) is 86.2. The lowest BCUT2D eigenvalue weighted by atomic mass is 9.99. The van der Waals surface area contributed by atoms with Crippen LogP contribution in [0.1, 0.15) is 425 Å². The monoisotopic (exact) mass is 1340 g/mol. The van der Waals surface area contributed by atoms with Gasteiger partial charge in [0.15, 0.2) is 6.29 Å². The van der Waals surface area contributed by atoms with Crippen LogP contribution in [0.5, 0.6) is 0 Å². The SMILES string of the molecule is CCCCCCCCCCCCC/C=C/C(O)C(COC1OC(CO)C(O)C(O)C1O)NC(=O)CCCCCCCCCCCCCCCCCCC/C=C\C/C=C\CCCCCCCCCCCCCCCCCOC(=O)CCCCCCCCCCCCCCCCC. The maximum Gasteiger partial charge on any atom is 0.305 e. The molecule has 0 aliphatic carbocycles. The molecule has 1 aliphatic heterocycles. The fourth-order valence-electron chi connectivity index (χ4n) is 13.5. The molecule has 11 nitrogen and oxygen atoms in total. The van der Waals surface area contributed by atoms with Crippen LogP contribution in [0.3, 0.4) is 0 Å². The van der Waals surface area contributed by atoms with Crippen molar-refractivity contribution in [3.05, 3.63) is 36.5 Å². The largest absolute Gasteiger partial charge is 0.466 e. The minimum Gasteiger partial charge on any atom is -0.466 e. The third-order valence-corrected chi connectivity index (χ3v) is 20.0. The predicted octanol–water partition coefficient (Wildman–Crippen LogP) is 22.9. The standard InChI is InChI=1S/C84H159NO10/c1-3-5-7-9-11-13-15-17-43-48-52-56-60-64-68-72-80(89)93-73-69-65-61-57-53-49-45-42-40-38-36-34-32-30-28-26-24-22-20-18-19-21-23-25-27-29-31-33-35-37-39-41-44-47-51-55-59-63-67-71-79(88)85-76(75-94-84-83(92)82(91)81(90)78(74-86)95-84)77(87)70-66-62-58-54-50-46-16-14-12-10-8-6-4-2/h18-19,22,24,66,70,76-78,81-84,86-87,90-92H,3-17,20-21,23,25-65,67-69,71-75H2,1-2H3,(H,85,88)/b19-18-,24-22-,70-66+. The number of hydrogen-bond donors (Lipinski definition) is 6. The number of hydrogen-bond acceptors (Lipinski definition) is 10. The molecule has 7 unspecified atom stereocenters. The molecule has 1 fully saturated rings. The van der Waals surface area contributed by atoms with E-state index in [1.54, 1.807) is 6.08 Å². The third-order valence-electron chi connectivity index (χ3n) is 20.0. The van der Waals surface area contributed by atoms with E-state index in [0.717, 1.165) is 57.8 Å². The summed E-state index contributed by atoms with van der Waals surface area (Å²) in [6.45, 7) is 4.40. The molecule has 1 aliphatic rings. The molecule has 0 spiro atoms. The van der Waals surface area contributed by atoms with Gasteiger partial charge in [0, 0.05) is 12.8 Å². The highest BCUT2D eigenvalue weighted by atomic mass is 16.7. The lowest BCUT2D eigenvalue weighted by molar-refractivity contribution is -0.302. The van der Waals surface area contributed by atoms with Crippen LogP contribution in [0.15, 0.2) is 36.5 Å². The van der Waals surface area contributed by atoms with Gasteiger partial charge < -0.3 is 45.1 Å². The topological polar surface area (TPSA) is 175 Å². The maximum absolute atomic E-state index is 13.1. The molecule has 1 amide bonds. The molecule has 6 N–H and O–H groups in total. The molecule has 7 atom stereocenters. The molecule has 11 heteroatoms. The Balaban J connectivity index is 1.89. The van der Waals surface area contributed by atoms with Gasteiger partial charge in [-0.05, 0) is 64.2 Å². The number of amides is 1. The number of nitrogens with one attached hydrogen (secondary N) is 1. The average molecular weight is 1340 g/mol. The Labute approximate surface area is 587 Å². The van der Waals surface area contributed by atoms with Crippen LogP contribution in [-0.4, -0.2) is 100 Å². The number of carbonyl (C=O) groups is 2. The van der Waals surface area contributed by atoms with Crippen molar-refractivity contribution in [3.8, 4) is 0 Å². The first-order valence-electron chi connectivity index (χ1n) is 41.8. The smallest absolute Gasteiger partial charge is 0.305 e. The van der Waals surface area contributed by atoms with Gasteiger partial charge >= 0.3 is 5.97 Å². The molecule has 0 aromatic rings. The molecular formula is C84H159NO10. The fourth-order valence-corrected chi connectivity index (χ4v) is 13.5. The number of aliphatic hydroxyl groups is 5. The highest BCUT2D eigenvalue weighted by molar-refractivity contribution is 5.76. The van der Waals surface area contributed by atoms with Crippen LogP contribution < -0.4 is 5.32 Å². The highest BCUT2D eigenvalue weighted by Crippen LogP contribution is 2.24. The highest BCUT2D eigenvalue weighted by Gasteiger charge is 2.44. The van der Waals surface area contributed by atoms with Gasteiger partial charge in [-0.2, -0.15) is 0 Å². The molecule has 1 heterocycles. The van der Waals surface area contributed by atoms with Crippen molar-refractivity contribution < 1.29 is 49.3 Å². The lowest BCUT2D eigenvalue weighted by Crippen LogP contribution is -2.60. The Morgan fingerprint density at radius 1 is 0.389 bits per heavy atom. The van der Waals surface area contributed by atoms with Gasteiger partial charge in [0.05, 0.1) is 32.0 Å². The molecule has 95 heavy (non-hydrogen) atoms. The van der Waals surface area contributed by atoms with E-state index in [2.05, 4.69) is 43.5 Å². The Morgan fingerprint density at radius 2 is 0.705 bits per heavy atom. The van der Waals surface area contributed by atoms with E-state index in [1.165, 1.54) is 340 Å². The molecule has 0 radical (unpaired) electrons. The zero-order chi connectivity index (χ0) is 68.6. The minimum atomic E-state index is -1.57. The van der Waals surface area contributed by atoms with Crippen molar-refractivity contribution in [3.63, 3.8) is 0 Å². The van der Waals surface area contributed by atoms with Gasteiger partial charge in [0.1, 0.15) is 24.4 Å². The van der Waals surface area contributed by atoms with Crippen molar-refractivity contribution in [2.45, 2.75) is 468 Å². The Bertz CT molecular complexity index is 1670. The summed E-state index contributed by atoms with van der Waals surface area (Å²) in [7, 11) is 0. The van der Waals surface area contributed by atoms with E-state index in [1.807, 2.05) is 6.08 Å². The van der Waals surface area contributed by atoms with Crippen molar-refractivity contribution in [2.75, 3.05) is 19.8 Å². The molecule has 1 rings (SSSR count). The quantitative estimate of drug-likeness (QED) is 0.0195. The predicted molar refractivity (Wildman–Crippen MR) is 403 cm³/mol. The van der Waals surface area contributed by atoms with Gasteiger partial charge in [-0.1, -0.05) is 384 Å². The first-order valence-corrected chi connectivity index (χ1v) is 41.8. The molecular weight excluding hydrogens is 1180 g/mol. The molecule has 0 aromatic heterocycles. The summed E-state index contributed by atoms with van der Waals surface area (Å²) in [5, 5.41) is 54.6. The maximum atomic E-state index is 13.1. The third kappa shape index (κ3) is 61.5. The second-order valence-corrected chi connectivity index (χ2v) is 29.2. The summed E-state index contributed by atoms with van der Waals surface area (Å²) >= 11 is 0. The van der Waals surface area contributed by atoms with E-state index in [-0.39, 0.29) is 18.5 Å². The van der Waals surface area contributed by atoms with E-state index < -0.39 is 49.5 Å². The first-order chi connectivity index (χ1) is 46.7. The molecule has 0 aromatic carbocycles. The number of allylic oxidation sites excluding steroid dienone is 5. The Morgan fingerprint density at radius 3 is 1.06 bits per heavy atom. The van der Waals surface area contributed by atoms with Gasteiger partial charge in [-0.3, -0.25) is 9.59 Å². The van der Waals surface area contributed by atoms with Gasteiger partial charge in [-0.25, -0.2) is 0 Å². The second-order valence-electron chi connectivity index (χ2n) is 29.2.